The Balaban J connectivity index is 2.45. The van der Waals surface area contributed by atoms with Crippen LogP contribution in [-0.4, -0.2) is 24.3 Å². The van der Waals surface area contributed by atoms with Crippen LogP contribution in [0.5, 0.6) is 5.75 Å². The predicted octanol–water partition coefficient (Wildman–Crippen LogP) is 3.98. The molecule has 0 bridgehead atoms. The van der Waals surface area contributed by atoms with Gasteiger partial charge in [0, 0.05) is 15.7 Å². The van der Waals surface area contributed by atoms with Gasteiger partial charge in [0.25, 0.3) is 0 Å². The summed E-state index contributed by atoms with van der Waals surface area (Å²) in [7, 11) is 0. The van der Waals surface area contributed by atoms with E-state index < -0.39 is 6.04 Å². The Bertz CT molecular complexity index is 691. The third kappa shape index (κ3) is 4.95. The van der Waals surface area contributed by atoms with E-state index in [1.54, 1.807) is 6.92 Å². The average Bonchev–Trinajstić information content (AvgIpc) is 2.55. The van der Waals surface area contributed by atoms with Crippen LogP contribution in [0.1, 0.15) is 45.2 Å². The zero-order valence-corrected chi connectivity index (χ0v) is 17.1. The van der Waals surface area contributed by atoms with E-state index in [4.69, 9.17) is 21.7 Å². The van der Waals surface area contributed by atoms with E-state index >= 15 is 0 Å². The van der Waals surface area contributed by atoms with Crippen molar-refractivity contribution in [3.8, 4) is 5.75 Å². The number of halogens is 1. The summed E-state index contributed by atoms with van der Waals surface area (Å²) in [6.07, 6.45) is 2.02. The molecule has 1 aromatic rings. The van der Waals surface area contributed by atoms with Crippen LogP contribution in [0.4, 0.5) is 0 Å². The summed E-state index contributed by atoms with van der Waals surface area (Å²) in [5.74, 6) is 0.362. The number of rotatable bonds is 7. The molecule has 136 valence electrons. The first-order chi connectivity index (χ1) is 12.0. The minimum atomic E-state index is -0.429. The van der Waals surface area contributed by atoms with Gasteiger partial charge in [0.1, 0.15) is 5.75 Å². The van der Waals surface area contributed by atoms with Crippen LogP contribution in [0.15, 0.2) is 33.9 Å². The Morgan fingerprint density at radius 2 is 2.12 bits per heavy atom. The number of benzene rings is 1. The minimum Gasteiger partial charge on any atom is -0.493 e. The number of esters is 1. The van der Waals surface area contributed by atoms with Gasteiger partial charge in [-0.25, -0.2) is 4.79 Å². The summed E-state index contributed by atoms with van der Waals surface area (Å²) in [5, 5.41) is 6.64. The van der Waals surface area contributed by atoms with E-state index in [-0.39, 0.29) is 5.97 Å². The van der Waals surface area contributed by atoms with Crippen molar-refractivity contribution >= 4 is 39.2 Å². The Kier molecular flexibility index (Phi) is 7.25. The molecule has 0 radical (unpaired) electrons. The van der Waals surface area contributed by atoms with Gasteiger partial charge in [0.05, 0.1) is 24.8 Å². The number of allylic oxidation sites excluding steroid dienone is 1. The van der Waals surface area contributed by atoms with Crippen LogP contribution < -0.4 is 15.4 Å². The molecule has 1 aliphatic heterocycles. The second-order valence-corrected chi connectivity index (χ2v) is 7.00. The summed E-state index contributed by atoms with van der Waals surface area (Å²) in [6.45, 7) is 6.66. The third-order valence-electron chi connectivity index (χ3n) is 3.80. The lowest BCUT2D eigenvalue weighted by Crippen LogP contribution is -2.45. The molecule has 0 aliphatic carbocycles. The van der Waals surface area contributed by atoms with Gasteiger partial charge in [-0.1, -0.05) is 29.3 Å². The van der Waals surface area contributed by atoms with E-state index in [2.05, 4.69) is 33.5 Å². The van der Waals surface area contributed by atoms with E-state index in [0.29, 0.717) is 29.6 Å². The van der Waals surface area contributed by atoms with Gasteiger partial charge in [-0.05, 0) is 50.7 Å². The molecule has 0 amide bonds. The van der Waals surface area contributed by atoms with Crippen molar-refractivity contribution in [2.75, 3.05) is 13.2 Å². The van der Waals surface area contributed by atoms with Crippen molar-refractivity contribution in [1.82, 2.24) is 10.6 Å². The Morgan fingerprint density at radius 3 is 2.80 bits per heavy atom. The molecule has 2 rings (SSSR count). The largest absolute Gasteiger partial charge is 0.493 e. The summed E-state index contributed by atoms with van der Waals surface area (Å²) < 4.78 is 12.1. The van der Waals surface area contributed by atoms with Crippen LogP contribution in [0.2, 0.25) is 0 Å². The smallest absolute Gasteiger partial charge is 0.338 e. The molecule has 0 aromatic heterocycles. The van der Waals surface area contributed by atoms with Crippen molar-refractivity contribution in [2.24, 2.45) is 0 Å². The van der Waals surface area contributed by atoms with Gasteiger partial charge in [-0.2, -0.15) is 0 Å². The average molecular weight is 427 g/mol. The first-order valence-electron chi connectivity index (χ1n) is 8.35. The summed E-state index contributed by atoms with van der Waals surface area (Å²) in [5.41, 5.74) is 2.04. The van der Waals surface area contributed by atoms with Crippen LogP contribution in [-0.2, 0) is 9.53 Å². The van der Waals surface area contributed by atoms with Gasteiger partial charge in [0.15, 0.2) is 5.11 Å². The molecule has 0 fully saturated rings. The molecule has 0 spiro atoms. The fraction of sp³-hybridized carbons (Fsp3) is 0.444. The van der Waals surface area contributed by atoms with Crippen LogP contribution in [0.3, 0.4) is 0 Å². The van der Waals surface area contributed by atoms with Gasteiger partial charge in [-0.15, -0.1) is 0 Å². The summed E-state index contributed by atoms with van der Waals surface area (Å²) >= 11 is 8.78. The molecular weight excluding hydrogens is 404 g/mol. The zero-order valence-electron chi connectivity index (χ0n) is 14.6. The zero-order chi connectivity index (χ0) is 18.4. The summed E-state index contributed by atoms with van der Waals surface area (Å²) in [6, 6.07) is 5.34. The number of carbonyl (C=O) groups is 1. The van der Waals surface area contributed by atoms with Gasteiger partial charge >= 0.3 is 5.97 Å². The lowest BCUT2D eigenvalue weighted by Gasteiger charge is -2.31. The van der Waals surface area contributed by atoms with E-state index in [1.165, 1.54) is 0 Å². The minimum absolute atomic E-state index is 0.311. The second kappa shape index (κ2) is 9.20. The Hall–Kier alpha value is -1.60. The van der Waals surface area contributed by atoms with Crippen molar-refractivity contribution in [2.45, 2.75) is 39.7 Å². The number of ether oxygens (including phenoxy) is 2. The normalized spacial score (nSPS) is 17.0. The molecule has 1 aliphatic rings. The first kappa shape index (κ1) is 19.7. The predicted molar refractivity (Wildman–Crippen MR) is 105 cm³/mol. The van der Waals surface area contributed by atoms with Crippen LogP contribution in [0.25, 0.3) is 0 Å². The van der Waals surface area contributed by atoms with E-state index in [1.807, 2.05) is 25.1 Å². The molecule has 2 N–H and O–H groups in total. The number of carbonyl (C=O) groups excluding carboxylic acids is 1. The number of nitrogens with one attached hydrogen (secondary N) is 2. The van der Waals surface area contributed by atoms with E-state index in [9.17, 15) is 4.79 Å². The fourth-order valence-corrected chi connectivity index (χ4v) is 3.26. The molecular formula is C18H23BrN2O3S. The van der Waals surface area contributed by atoms with Crippen molar-refractivity contribution in [3.05, 3.63) is 39.5 Å². The number of hydrogen-bond acceptors (Lipinski definition) is 4. The molecule has 1 heterocycles. The SMILES string of the molecule is CCCCOc1ccc(Br)cc1C1NC(=S)NC(C)=C1C(=O)OCC. The molecule has 0 saturated carbocycles. The topological polar surface area (TPSA) is 59.6 Å². The molecule has 1 unspecified atom stereocenters. The maximum atomic E-state index is 12.5. The second-order valence-electron chi connectivity index (χ2n) is 5.67. The van der Waals surface area contributed by atoms with Crippen LogP contribution >= 0.6 is 28.1 Å². The standard InChI is InChI=1S/C18H23BrN2O3S/c1-4-6-9-24-14-8-7-12(19)10-13(14)16-15(17(22)23-5-2)11(3)20-18(25)21-16/h7-8,10,16H,4-6,9H2,1-3H3,(H2,20,21,25). The lowest BCUT2D eigenvalue weighted by molar-refractivity contribution is -0.139. The van der Waals surface area contributed by atoms with Gasteiger partial charge in [0.2, 0.25) is 0 Å². The van der Waals surface area contributed by atoms with Crippen LogP contribution in [0, 0.1) is 0 Å². The molecule has 7 heteroatoms. The molecule has 0 saturated heterocycles. The van der Waals surface area contributed by atoms with Crippen molar-refractivity contribution in [3.63, 3.8) is 0 Å². The molecule has 5 nitrogen and oxygen atoms in total. The highest BCUT2D eigenvalue weighted by atomic mass is 79.9. The van der Waals surface area contributed by atoms with Gasteiger partial charge < -0.3 is 20.1 Å². The fourth-order valence-electron chi connectivity index (χ4n) is 2.61. The maximum Gasteiger partial charge on any atom is 0.338 e. The Labute approximate surface area is 162 Å². The number of unbranched alkanes of at least 4 members (excludes halogenated alkanes) is 1. The monoisotopic (exact) mass is 426 g/mol. The molecule has 25 heavy (non-hydrogen) atoms. The quantitative estimate of drug-likeness (QED) is 0.390. The van der Waals surface area contributed by atoms with Crippen molar-refractivity contribution in [1.29, 1.82) is 0 Å². The third-order valence-corrected chi connectivity index (χ3v) is 4.52. The first-order valence-corrected chi connectivity index (χ1v) is 9.55. The van der Waals surface area contributed by atoms with Gasteiger partial charge in [-0.3, -0.25) is 0 Å². The molecule has 1 atom stereocenters. The maximum absolute atomic E-state index is 12.5. The highest BCUT2D eigenvalue weighted by molar-refractivity contribution is 9.10. The highest BCUT2D eigenvalue weighted by Crippen LogP contribution is 2.35. The number of hydrogen-bond donors (Lipinski definition) is 2. The number of thiocarbonyl (C=S) groups is 1. The van der Waals surface area contributed by atoms with Crippen molar-refractivity contribution < 1.29 is 14.3 Å². The Morgan fingerprint density at radius 1 is 1.36 bits per heavy atom. The lowest BCUT2D eigenvalue weighted by atomic mass is 9.95. The summed E-state index contributed by atoms with van der Waals surface area (Å²) in [4.78, 5) is 12.5. The molecule has 1 aromatic carbocycles. The van der Waals surface area contributed by atoms with E-state index in [0.717, 1.165) is 28.6 Å². The highest BCUT2D eigenvalue weighted by Gasteiger charge is 2.32.